The maximum atomic E-state index is 13.0. The lowest BCUT2D eigenvalue weighted by Crippen LogP contribution is -2.49. The summed E-state index contributed by atoms with van der Waals surface area (Å²) in [6, 6.07) is 13.2. The molecule has 0 aliphatic carbocycles. The minimum Gasteiger partial charge on any atom is -0.492 e. The van der Waals surface area contributed by atoms with Crippen molar-refractivity contribution in [2.24, 2.45) is 5.41 Å². The fourth-order valence-corrected chi connectivity index (χ4v) is 3.47. The first-order valence-electron chi connectivity index (χ1n) is 10.2. The highest BCUT2D eigenvalue weighted by molar-refractivity contribution is 5.91. The summed E-state index contributed by atoms with van der Waals surface area (Å²) in [7, 11) is 0. The van der Waals surface area contributed by atoms with Gasteiger partial charge in [0, 0.05) is 25.0 Å². The van der Waals surface area contributed by atoms with Crippen molar-refractivity contribution >= 4 is 17.6 Å². The first-order chi connectivity index (χ1) is 14.4. The zero-order valence-corrected chi connectivity index (χ0v) is 17.4. The number of hydrogen-bond acceptors (Lipinski definition) is 3. The molecule has 1 saturated heterocycles. The maximum Gasteiger partial charge on any atom is 0.321 e. The molecule has 0 unspecified atom stereocenters. The molecule has 7 heteroatoms. The molecule has 1 aliphatic heterocycles. The topological polar surface area (TPSA) is 70.7 Å². The predicted octanol–water partition coefficient (Wildman–Crippen LogP) is 4.17. The molecule has 1 heterocycles. The summed E-state index contributed by atoms with van der Waals surface area (Å²) in [5.41, 5.74) is 0.938. The number of carbonyl (C=O) groups excluding carboxylic acids is 2. The summed E-state index contributed by atoms with van der Waals surface area (Å²) in [5, 5.41) is 5.84. The van der Waals surface area contributed by atoms with Gasteiger partial charge in [0.25, 0.3) is 0 Å². The van der Waals surface area contributed by atoms with Crippen LogP contribution in [0.5, 0.6) is 5.75 Å². The Labute approximate surface area is 176 Å². The number of piperidine rings is 1. The Morgan fingerprint density at radius 2 is 1.77 bits per heavy atom. The summed E-state index contributed by atoms with van der Waals surface area (Å²) in [6.07, 6.45) is 1.14. The zero-order chi connectivity index (χ0) is 21.6. The van der Waals surface area contributed by atoms with E-state index in [-0.39, 0.29) is 17.8 Å². The van der Waals surface area contributed by atoms with E-state index in [9.17, 15) is 14.0 Å². The fourth-order valence-electron chi connectivity index (χ4n) is 3.47. The van der Waals surface area contributed by atoms with Crippen molar-refractivity contribution in [3.8, 4) is 5.75 Å². The second-order valence-electron chi connectivity index (χ2n) is 7.72. The minimum atomic E-state index is -0.542. The number of anilines is 1. The van der Waals surface area contributed by atoms with Crippen molar-refractivity contribution in [1.82, 2.24) is 10.2 Å². The molecule has 2 aromatic rings. The van der Waals surface area contributed by atoms with Gasteiger partial charge in [-0.15, -0.1) is 0 Å². The number of para-hydroxylation sites is 2. The van der Waals surface area contributed by atoms with Crippen molar-refractivity contribution in [1.29, 1.82) is 0 Å². The Balaban J connectivity index is 1.52. The second kappa shape index (κ2) is 9.61. The molecule has 0 spiro atoms. The van der Waals surface area contributed by atoms with Gasteiger partial charge in [0.15, 0.2) is 0 Å². The van der Waals surface area contributed by atoms with Crippen molar-refractivity contribution in [3.63, 3.8) is 0 Å². The van der Waals surface area contributed by atoms with E-state index in [2.05, 4.69) is 10.6 Å². The molecule has 6 nitrogen and oxygen atoms in total. The number of nitrogens with zero attached hydrogens (tertiary/aromatic N) is 1. The number of halogens is 1. The number of carbonyl (C=O) groups is 2. The van der Waals surface area contributed by atoms with Gasteiger partial charge in [0.2, 0.25) is 5.91 Å². The third-order valence-corrected chi connectivity index (χ3v) is 5.50. The lowest BCUT2D eigenvalue weighted by Gasteiger charge is -2.38. The zero-order valence-electron chi connectivity index (χ0n) is 17.4. The van der Waals surface area contributed by atoms with Gasteiger partial charge in [-0.25, -0.2) is 9.18 Å². The Morgan fingerprint density at radius 3 is 2.43 bits per heavy atom. The molecule has 0 saturated carbocycles. The summed E-state index contributed by atoms with van der Waals surface area (Å²) >= 11 is 0. The summed E-state index contributed by atoms with van der Waals surface area (Å²) in [6.45, 7) is 5.67. The number of hydrogen-bond donors (Lipinski definition) is 2. The van der Waals surface area contributed by atoms with E-state index >= 15 is 0 Å². The molecule has 3 amide bonds. The molecule has 2 aromatic carbocycles. The monoisotopic (exact) mass is 413 g/mol. The lowest BCUT2D eigenvalue weighted by atomic mass is 9.79. The van der Waals surface area contributed by atoms with Crippen LogP contribution in [-0.4, -0.2) is 36.5 Å². The highest BCUT2D eigenvalue weighted by Crippen LogP contribution is 2.32. The van der Waals surface area contributed by atoms with Crippen LogP contribution in [0.2, 0.25) is 0 Å². The molecule has 160 valence electrons. The SMILES string of the molecule is CCOc1ccccc1NC(=O)N1CCC(C)(C(=O)NCc2ccc(F)cc2)CC1. The van der Waals surface area contributed by atoms with Crippen LogP contribution in [0.1, 0.15) is 32.3 Å². The normalized spacial score (nSPS) is 15.4. The summed E-state index contributed by atoms with van der Waals surface area (Å²) in [5.74, 6) is 0.288. The van der Waals surface area contributed by atoms with Gasteiger partial charge in [0.1, 0.15) is 11.6 Å². The smallest absolute Gasteiger partial charge is 0.321 e. The van der Waals surface area contributed by atoms with Gasteiger partial charge < -0.3 is 20.3 Å². The molecular formula is C23H28FN3O3. The third-order valence-electron chi connectivity index (χ3n) is 5.50. The first-order valence-corrected chi connectivity index (χ1v) is 10.2. The van der Waals surface area contributed by atoms with Gasteiger partial charge in [-0.3, -0.25) is 4.79 Å². The van der Waals surface area contributed by atoms with Crippen molar-refractivity contribution in [2.45, 2.75) is 33.2 Å². The number of urea groups is 1. The molecule has 1 aliphatic rings. The number of benzene rings is 2. The average Bonchev–Trinajstić information content (AvgIpc) is 2.75. The average molecular weight is 413 g/mol. The highest BCUT2D eigenvalue weighted by atomic mass is 19.1. The van der Waals surface area contributed by atoms with Crippen LogP contribution in [0.15, 0.2) is 48.5 Å². The predicted molar refractivity (Wildman–Crippen MR) is 114 cm³/mol. The number of ether oxygens (including phenoxy) is 1. The minimum absolute atomic E-state index is 0.0476. The van der Waals surface area contributed by atoms with Crippen LogP contribution in [0.4, 0.5) is 14.9 Å². The van der Waals surface area contributed by atoms with Crippen molar-refractivity contribution in [2.75, 3.05) is 25.0 Å². The van der Waals surface area contributed by atoms with Crippen LogP contribution < -0.4 is 15.4 Å². The van der Waals surface area contributed by atoms with E-state index in [1.807, 2.05) is 32.0 Å². The Morgan fingerprint density at radius 1 is 1.10 bits per heavy atom. The fraction of sp³-hybridized carbons (Fsp3) is 0.391. The van der Waals surface area contributed by atoms with Gasteiger partial charge in [-0.05, 0) is 49.6 Å². The number of likely N-dealkylation sites (tertiary alicyclic amines) is 1. The van der Waals surface area contributed by atoms with E-state index in [1.165, 1.54) is 12.1 Å². The van der Waals surface area contributed by atoms with Crippen LogP contribution >= 0.6 is 0 Å². The lowest BCUT2D eigenvalue weighted by molar-refractivity contribution is -0.132. The molecular weight excluding hydrogens is 385 g/mol. The van der Waals surface area contributed by atoms with Gasteiger partial charge in [-0.2, -0.15) is 0 Å². The van der Waals surface area contributed by atoms with Gasteiger partial charge in [0.05, 0.1) is 12.3 Å². The Hall–Kier alpha value is -3.09. The summed E-state index contributed by atoms with van der Waals surface area (Å²) < 4.78 is 18.6. The summed E-state index contributed by atoms with van der Waals surface area (Å²) in [4.78, 5) is 27.1. The maximum absolute atomic E-state index is 13.0. The molecule has 30 heavy (non-hydrogen) atoms. The van der Waals surface area contributed by atoms with Gasteiger partial charge in [-0.1, -0.05) is 31.2 Å². The van der Waals surface area contributed by atoms with E-state index < -0.39 is 5.41 Å². The van der Waals surface area contributed by atoms with Gasteiger partial charge >= 0.3 is 6.03 Å². The molecule has 2 N–H and O–H groups in total. The van der Waals surface area contributed by atoms with E-state index in [1.54, 1.807) is 23.1 Å². The highest BCUT2D eigenvalue weighted by Gasteiger charge is 2.38. The van der Waals surface area contributed by atoms with Crippen LogP contribution in [0.3, 0.4) is 0 Å². The van der Waals surface area contributed by atoms with Crippen molar-refractivity contribution in [3.05, 3.63) is 59.9 Å². The molecule has 3 rings (SSSR count). The van der Waals surface area contributed by atoms with Crippen LogP contribution in [0.25, 0.3) is 0 Å². The molecule has 0 radical (unpaired) electrons. The van der Waals surface area contributed by atoms with Crippen molar-refractivity contribution < 1.29 is 18.7 Å². The number of rotatable bonds is 6. The van der Waals surface area contributed by atoms with Crippen LogP contribution in [-0.2, 0) is 11.3 Å². The quantitative estimate of drug-likeness (QED) is 0.747. The van der Waals surface area contributed by atoms with E-state index in [0.29, 0.717) is 50.5 Å². The molecule has 0 atom stereocenters. The standard InChI is InChI=1S/C23H28FN3O3/c1-3-30-20-7-5-4-6-19(20)26-22(29)27-14-12-23(2,13-15-27)21(28)25-16-17-8-10-18(24)11-9-17/h4-11H,3,12-16H2,1-2H3,(H,25,28)(H,26,29). The molecule has 1 fully saturated rings. The first kappa shape index (κ1) is 21.6. The second-order valence-corrected chi connectivity index (χ2v) is 7.72. The molecule has 0 aromatic heterocycles. The number of nitrogens with one attached hydrogen (secondary N) is 2. The largest absolute Gasteiger partial charge is 0.492 e. The Bertz CT molecular complexity index is 878. The van der Waals surface area contributed by atoms with Crippen LogP contribution in [0, 0.1) is 11.2 Å². The van der Waals surface area contributed by atoms with E-state index in [4.69, 9.17) is 4.74 Å². The number of amides is 3. The van der Waals surface area contributed by atoms with E-state index in [0.717, 1.165) is 5.56 Å². The molecule has 0 bridgehead atoms. The Kier molecular flexibility index (Phi) is 6.92. The third kappa shape index (κ3) is 5.28.